The third-order valence-electron chi connectivity index (χ3n) is 5.07. The summed E-state index contributed by atoms with van der Waals surface area (Å²) in [5.74, 6) is -0.321. The molecule has 1 aliphatic heterocycles. The molecule has 1 heterocycles. The number of hydrogen-bond donors (Lipinski definition) is 1. The molecule has 0 unspecified atom stereocenters. The summed E-state index contributed by atoms with van der Waals surface area (Å²) in [4.78, 5) is 27.0. The van der Waals surface area contributed by atoms with Crippen molar-refractivity contribution in [2.24, 2.45) is 0 Å². The molecule has 158 valence electrons. The number of carbonyl (C=O) groups excluding carboxylic acids is 2. The standard InChI is InChI=1S/C24H20ClFN2O3/c1-15-24(30)28(13-17-4-2-3-5-21(17)25)14-18-12-20(10-11-22(18)31-15)27-23(29)16-6-8-19(26)9-7-16/h2-12,15H,13-14H2,1H3,(H,27,29)/t15-/m0/s1. The van der Waals surface area contributed by atoms with Crippen LogP contribution in [0.3, 0.4) is 0 Å². The topological polar surface area (TPSA) is 58.6 Å². The van der Waals surface area contributed by atoms with Gasteiger partial charge in [-0.3, -0.25) is 9.59 Å². The van der Waals surface area contributed by atoms with Gasteiger partial charge >= 0.3 is 0 Å². The number of ether oxygens (including phenoxy) is 1. The molecule has 0 spiro atoms. The van der Waals surface area contributed by atoms with Gasteiger partial charge in [-0.25, -0.2) is 4.39 Å². The van der Waals surface area contributed by atoms with Crippen molar-refractivity contribution in [1.29, 1.82) is 0 Å². The van der Waals surface area contributed by atoms with E-state index in [1.807, 2.05) is 18.2 Å². The highest BCUT2D eigenvalue weighted by Crippen LogP contribution is 2.30. The zero-order chi connectivity index (χ0) is 22.0. The van der Waals surface area contributed by atoms with E-state index >= 15 is 0 Å². The van der Waals surface area contributed by atoms with E-state index in [9.17, 15) is 14.0 Å². The Morgan fingerprint density at radius 2 is 1.90 bits per heavy atom. The van der Waals surface area contributed by atoms with Crippen molar-refractivity contribution in [3.63, 3.8) is 0 Å². The SMILES string of the molecule is C[C@@H]1Oc2ccc(NC(=O)c3ccc(F)cc3)cc2CN(Cc2ccccc2Cl)C1=O. The van der Waals surface area contributed by atoms with E-state index in [0.29, 0.717) is 35.1 Å². The molecular formula is C24H20ClFN2O3. The number of hydrogen-bond acceptors (Lipinski definition) is 3. The first-order valence-corrected chi connectivity index (χ1v) is 10.2. The zero-order valence-electron chi connectivity index (χ0n) is 16.8. The minimum Gasteiger partial charge on any atom is -0.481 e. The van der Waals surface area contributed by atoms with Crippen LogP contribution >= 0.6 is 11.6 Å². The van der Waals surface area contributed by atoms with Crippen molar-refractivity contribution in [1.82, 2.24) is 4.90 Å². The third-order valence-corrected chi connectivity index (χ3v) is 5.44. The largest absolute Gasteiger partial charge is 0.481 e. The molecule has 0 aliphatic carbocycles. The lowest BCUT2D eigenvalue weighted by Gasteiger charge is -2.22. The van der Waals surface area contributed by atoms with Gasteiger partial charge in [0.25, 0.3) is 11.8 Å². The Labute approximate surface area is 184 Å². The number of benzene rings is 3. The summed E-state index contributed by atoms with van der Waals surface area (Å²) >= 11 is 6.28. The number of fused-ring (bicyclic) bond motifs is 1. The van der Waals surface area contributed by atoms with Crippen LogP contribution in [0.1, 0.15) is 28.4 Å². The molecule has 0 saturated carbocycles. The van der Waals surface area contributed by atoms with Gasteiger partial charge in [-0.2, -0.15) is 0 Å². The molecular weight excluding hydrogens is 419 g/mol. The summed E-state index contributed by atoms with van der Waals surface area (Å²) in [5.41, 5.74) is 2.50. The first-order chi connectivity index (χ1) is 14.9. The second-order valence-corrected chi connectivity index (χ2v) is 7.74. The van der Waals surface area contributed by atoms with Gasteiger partial charge in [0, 0.05) is 34.9 Å². The lowest BCUT2D eigenvalue weighted by atomic mass is 10.1. The molecule has 1 aliphatic rings. The van der Waals surface area contributed by atoms with Crippen LogP contribution in [0.4, 0.5) is 10.1 Å². The summed E-state index contributed by atoms with van der Waals surface area (Å²) in [6, 6.07) is 17.9. The fourth-order valence-electron chi connectivity index (χ4n) is 3.45. The molecule has 3 aromatic rings. The van der Waals surface area contributed by atoms with E-state index in [-0.39, 0.29) is 11.8 Å². The van der Waals surface area contributed by atoms with Crippen LogP contribution in [0.15, 0.2) is 66.7 Å². The van der Waals surface area contributed by atoms with Crippen LogP contribution < -0.4 is 10.1 Å². The molecule has 3 aromatic carbocycles. The zero-order valence-corrected chi connectivity index (χ0v) is 17.5. The van der Waals surface area contributed by atoms with Crippen LogP contribution in [-0.2, 0) is 17.9 Å². The van der Waals surface area contributed by atoms with E-state index in [1.165, 1.54) is 24.3 Å². The average molecular weight is 439 g/mol. The van der Waals surface area contributed by atoms with Crippen LogP contribution in [0, 0.1) is 5.82 Å². The molecule has 2 amide bonds. The highest BCUT2D eigenvalue weighted by molar-refractivity contribution is 6.31. The molecule has 1 N–H and O–H groups in total. The van der Waals surface area contributed by atoms with Crippen molar-refractivity contribution in [3.8, 4) is 5.75 Å². The number of nitrogens with one attached hydrogen (secondary N) is 1. The van der Waals surface area contributed by atoms with Gasteiger partial charge in [-0.15, -0.1) is 0 Å². The number of halogens is 2. The first-order valence-electron chi connectivity index (χ1n) is 9.79. The molecule has 0 aromatic heterocycles. The van der Waals surface area contributed by atoms with Gasteiger partial charge in [0.2, 0.25) is 0 Å². The van der Waals surface area contributed by atoms with Gasteiger partial charge in [0.15, 0.2) is 6.10 Å². The molecule has 1 atom stereocenters. The smallest absolute Gasteiger partial charge is 0.263 e. The van der Waals surface area contributed by atoms with Crippen LogP contribution in [0.25, 0.3) is 0 Å². The highest BCUT2D eigenvalue weighted by Gasteiger charge is 2.28. The minimum atomic E-state index is -0.650. The van der Waals surface area contributed by atoms with E-state index in [1.54, 1.807) is 36.1 Å². The van der Waals surface area contributed by atoms with Gasteiger partial charge in [-0.05, 0) is 61.0 Å². The van der Waals surface area contributed by atoms with E-state index in [2.05, 4.69) is 5.32 Å². The Kier molecular flexibility index (Phi) is 5.91. The van der Waals surface area contributed by atoms with E-state index in [0.717, 1.165) is 11.1 Å². The maximum atomic E-state index is 13.1. The Balaban J connectivity index is 1.57. The Morgan fingerprint density at radius 3 is 2.65 bits per heavy atom. The van der Waals surface area contributed by atoms with Gasteiger partial charge < -0.3 is 15.0 Å². The number of rotatable bonds is 4. The number of amides is 2. The molecule has 0 saturated heterocycles. The second-order valence-electron chi connectivity index (χ2n) is 7.33. The lowest BCUT2D eigenvalue weighted by molar-refractivity contribution is -0.138. The molecule has 0 radical (unpaired) electrons. The maximum absolute atomic E-state index is 13.1. The molecule has 4 rings (SSSR count). The van der Waals surface area contributed by atoms with Crippen molar-refractivity contribution in [3.05, 3.63) is 94.3 Å². The average Bonchev–Trinajstić information content (AvgIpc) is 2.87. The van der Waals surface area contributed by atoms with Crippen LogP contribution in [-0.4, -0.2) is 22.8 Å². The van der Waals surface area contributed by atoms with Crippen LogP contribution in [0.5, 0.6) is 5.75 Å². The minimum absolute atomic E-state index is 0.145. The summed E-state index contributed by atoms with van der Waals surface area (Å²) in [6.07, 6.45) is -0.650. The van der Waals surface area contributed by atoms with Crippen molar-refractivity contribution >= 4 is 29.1 Å². The number of carbonyl (C=O) groups is 2. The van der Waals surface area contributed by atoms with Crippen molar-refractivity contribution in [2.45, 2.75) is 26.1 Å². The maximum Gasteiger partial charge on any atom is 0.263 e. The predicted molar refractivity (Wildman–Crippen MR) is 117 cm³/mol. The third kappa shape index (κ3) is 4.70. The van der Waals surface area contributed by atoms with Crippen molar-refractivity contribution in [2.75, 3.05) is 5.32 Å². The lowest BCUT2D eigenvalue weighted by Crippen LogP contribution is -2.37. The monoisotopic (exact) mass is 438 g/mol. The normalized spacial score (nSPS) is 15.6. The Morgan fingerprint density at radius 1 is 1.16 bits per heavy atom. The van der Waals surface area contributed by atoms with Gasteiger partial charge in [0.1, 0.15) is 11.6 Å². The van der Waals surface area contributed by atoms with E-state index in [4.69, 9.17) is 16.3 Å². The number of anilines is 1. The Hall–Kier alpha value is -3.38. The van der Waals surface area contributed by atoms with Crippen LogP contribution in [0.2, 0.25) is 5.02 Å². The Bertz CT molecular complexity index is 1130. The van der Waals surface area contributed by atoms with Gasteiger partial charge in [0.05, 0.1) is 0 Å². The molecule has 7 heteroatoms. The molecule has 31 heavy (non-hydrogen) atoms. The predicted octanol–water partition coefficient (Wildman–Crippen LogP) is 5.04. The summed E-state index contributed by atoms with van der Waals surface area (Å²) in [6.45, 7) is 2.36. The summed E-state index contributed by atoms with van der Waals surface area (Å²) in [5, 5.41) is 3.39. The fourth-order valence-corrected chi connectivity index (χ4v) is 3.64. The molecule has 5 nitrogen and oxygen atoms in total. The highest BCUT2D eigenvalue weighted by atomic mass is 35.5. The van der Waals surface area contributed by atoms with E-state index < -0.39 is 11.9 Å². The van der Waals surface area contributed by atoms with Gasteiger partial charge in [-0.1, -0.05) is 29.8 Å². The summed E-state index contributed by atoms with van der Waals surface area (Å²) in [7, 11) is 0. The fraction of sp³-hybridized carbons (Fsp3) is 0.167. The van der Waals surface area contributed by atoms with Crippen molar-refractivity contribution < 1.29 is 18.7 Å². The quantitative estimate of drug-likeness (QED) is 0.620. The number of nitrogens with zero attached hydrogens (tertiary/aromatic N) is 1. The molecule has 0 fully saturated rings. The second kappa shape index (κ2) is 8.78. The molecule has 0 bridgehead atoms. The first kappa shape index (κ1) is 20.9. The summed E-state index contributed by atoms with van der Waals surface area (Å²) < 4.78 is 18.9.